The number of ether oxygens (including phenoxy) is 1. The van der Waals surface area contributed by atoms with Crippen molar-refractivity contribution >= 4 is 18.7 Å². The zero-order chi connectivity index (χ0) is 30.0. The molecule has 0 fully saturated rings. The summed E-state index contributed by atoms with van der Waals surface area (Å²) >= 11 is 0. The molecule has 0 atom stereocenters. The molecule has 5 aromatic rings. The molecule has 0 bridgehead atoms. The van der Waals surface area contributed by atoms with Crippen LogP contribution in [0.25, 0.3) is 0 Å². The van der Waals surface area contributed by atoms with E-state index in [0.717, 1.165) is 42.6 Å². The molecule has 0 aromatic heterocycles. The highest BCUT2D eigenvalue weighted by Gasteiger charge is 2.50. The first-order valence-corrected chi connectivity index (χ1v) is 17.4. The van der Waals surface area contributed by atoms with Gasteiger partial charge in [-0.1, -0.05) is 172 Å². The number of unbranched alkanes of at least 4 members (excludes halogenated alkanes) is 2. The van der Waals surface area contributed by atoms with Gasteiger partial charge in [0.2, 0.25) is 0 Å². The van der Waals surface area contributed by atoms with Crippen molar-refractivity contribution in [3.05, 3.63) is 168 Å². The van der Waals surface area contributed by atoms with Crippen LogP contribution in [0.5, 0.6) is 0 Å². The Hall–Kier alpha value is -3.76. The molecule has 0 unspecified atom stereocenters. The molecule has 0 N–H and O–H groups in total. The molecule has 5 rings (SSSR count). The smallest absolute Gasteiger partial charge is 0.261 e. The fourth-order valence-electron chi connectivity index (χ4n) is 6.36. The third-order valence-electron chi connectivity index (χ3n) is 8.38. The fourth-order valence-corrected chi connectivity index (χ4v) is 11.0. The van der Waals surface area contributed by atoms with E-state index in [2.05, 4.69) is 172 Å². The van der Waals surface area contributed by atoms with Gasteiger partial charge in [0.15, 0.2) is 0 Å². The van der Waals surface area contributed by atoms with Crippen LogP contribution in [-0.4, -0.2) is 21.5 Å². The molecule has 220 valence electrons. The Kier molecular flexibility index (Phi) is 10.1. The molecule has 0 spiro atoms. The van der Waals surface area contributed by atoms with E-state index in [-0.39, 0.29) is 5.04 Å². The predicted molar refractivity (Wildman–Crippen MR) is 183 cm³/mol. The maximum atomic E-state index is 7.12. The van der Waals surface area contributed by atoms with E-state index in [1.165, 1.54) is 10.4 Å². The topological polar surface area (TPSA) is 18.5 Å². The Balaban J connectivity index is 1.31. The molecule has 0 saturated carbocycles. The van der Waals surface area contributed by atoms with Crippen LogP contribution in [0, 0.1) is 0 Å². The van der Waals surface area contributed by atoms with E-state index in [9.17, 15) is 0 Å². The third-order valence-corrected chi connectivity index (χ3v) is 13.4. The van der Waals surface area contributed by atoms with Gasteiger partial charge in [-0.05, 0) is 51.4 Å². The van der Waals surface area contributed by atoms with Crippen LogP contribution in [0.3, 0.4) is 0 Å². The van der Waals surface area contributed by atoms with Crippen LogP contribution in [0.2, 0.25) is 5.04 Å². The SMILES string of the molecule is CC(C)(C)[Si](OCCCCCOC(c1ccccc1)(c1ccccc1)c1ccccc1)(c1ccccc1)c1ccccc1. The van der Waals surface area contributed by atoms with Crippen molar-refractivity contribution in [2.45, 2.75) is 50.7 Å². The Morgan fingerprint density at radius 1 is 0.442 bits per heavy atom. The van der Waals surface area contributed by atoms with Crippen molar-refractivity contribution < 1.29 is 9.16 Å². The first-order valence-electron chi connectivity index (χ1n) is 15.5. The first-order chi connectivity index (χ1) is 21.0. The molecule has 0 radical (unpaired) electrons. The third kappa shape index (κ3) is 6.60. The van der Waals surface area contributed by atoms with Crippen LogP contribution in [0.15, 0.2) is 152 Å². The molecule has 43 heavy (non-hydrogen) atoms. The quantitative estimate of drug-likeness (QED) is 0.0783. The highest BCUT2D eigenvalue weighted by atomic mass is 28.4. The van der Waals surface area contributed by atoms with E-state index in [4.69, 9.17) is 9.16 Å². The number of benzene rings is 5. The minimum atomic E-state index is -2.51. The lowest BCUT2D eigenvalue weighted by Crippen LogP contribution is -2.66. The van der Waals surface area contributed by atoms with Gasteiger partial charge in [0.1, 0.15) is 5.60 Å². The van der Waals surface area contributed by atoms with Crippen LogP contribution in [0.1, 0.15) is 56.7 Å². The lowest BCUT2D eigenvalue weighted by molar-refractivity contribution is 0.0104. The molecule has 0 saturated heterocycles. The van der Waals surface area contributed by atoms with Crippen molar-refractivity contribution in [2.24, 2.45) is 0 Å². The normalized spacial score (nSPS) is 12.3. The first kappa shape index (κ1) is 30.7. The minimum absolute atomic E-state index is 0.0144. The van der Waals surface area contributed by atoms with Crippen LogP contribution in [-0.2, 0) is 14.8 Å². The van der Waals surface area contributed by atoms with Crippen LogP contribution in [0.4, 0.5) is 0 Å². The summed E-state index contributed by atoms with van der Waals surface area (Å²) < 4.78 is 14.1. The summed E-state index contributed by atoms with van der Waals surface area (Å²) in [6.07, 6.45) is 2.98. The Bertz CT molecular complexity index is 1360. The molecule has 5 aromatic carbocycles. The van der Waals surface area contributed by atoms with Gasteiger partial charge in [-0.25, -0.2) is 0 Å². The number of rotatable bonds is 13. The van der Waals surface area contributed by atoms with Crippen molar-refractivity contribution in [3.63, 3.8) is 0 Å². The zero-order valence-corrected chi connectivity index (χ0v) is 26.8. The summed E-state index contributed by atoms with van der Waals surface area (Å²) in [7, 11) is -2.51. The second kappa shape index (κ2) is 14.1. The molecule has 0 aliphatic carbocycles. The van der Waals surface area contributed by atoms with Crippen molar-refractivity contribution in [3.8, 4) is 0 Å². The average molecular weight is 585 g/mol. The predicted octanol–water partition coefficient (Wildman–Crippen LogP) is 8.74. The van der Waals surface area contributed by atoms with Gasteiger partial charge in [-0.15, -0.1) is 0 Å². The maximum Gasteiger partial charge on any atom is 0.261 e. The van der Waals surface area contributed by atoms with Crippen molar-refractivity contribution in [2.75, 3.05) is 13.2 Å². The van der Waals surface area contributed by atoms with Gasteiger partial charge >= 0.3 is 0 Å². The van der Waals surface area contributed by atoms with E-state index in [1.807, 2.05) is 0 Å². The monoisotopic (exact) mass is 584 g/mol. The zero-order valence-electron chi connectivity index (χ0n) is 25.8. The highest BCUT2D eigenvalue weighted by molar-refractivity contribution is 6.99. The Labute approximate surface area is 259 Å². The minimum Gasteiger partial charge on any atom is -0.407 e. The van der Waals surface area contributed by atoms with Gasteiger partial charge < -0.3 is 9.16 Å². The molecule has 0 heterocycles. The van der Waals surface area contributed by atoms with E-state index < -0.39 is 13.9 Å². The molecule has 0 amide bonds. The van der Waals surface area contributed by atoms with E-state index in [1.54, 1.807) is 0 Å². The van der Waals surface area contributed by atoms with Gasteiger partial charge in [0.05, 0.1) is 0 Å². The van der Waals surface area contributed by atoms with Gasteiger partial charge in [-0.2, -0.15) is 0 Å². The lowest BCUT2D eigenvalue weighted by atomic mass is 9.80. The van der Waals surface area contributed by atoms with E-state index >= 15 is 0 Å². The molecular weight excluding hydrogens is 541 g/mol. The highest BCUT2D eigenvalue weighted by Crippen LogP contribution is 2.41. The lowest BCUT2D eigenvalue weighted by Gasteiger charge is -2.43. The standard InChI is InChI=1S/C40H44O2Si/c1-39(2,3)43(37-28-16-7-17-29-37,38-30-18-8-19-31-38)42-33-21-9-20-32-41-40(34-22-10-4-11-23-34,35-24-12-5-13-25-35)36-26-14-6-15-27-36/h4-8,10-19,22-31H,9,20-21,32-33H2,1-3H3. The number of hydrogen-bond donors (Lipinski definition) is 0. The summed E-state index contributed by atoms with van der Waals surface area (Å²) in [6.45, 7) is 8.39. The van der Waals surface area contributed by atoms with Crippen molar-refractivity contribution in [1.82, 2.24) is 0 Å². The Morgan fingerprint density at radius 3 is 1.16 bits per heavy atom. The Morgan fingerprint density at radius 2 is 0.791 bits per heavy atom. The summed E-state index contributed by atoms with van der Waals surface area (Å²) in [5, 5.41) is 2.64. The molecular formula is C40H44O2Si. The fraction of sp³-hybridized carbons (Fsp3) is 0.250. The molecule has 0 aliphatic rings. The van der Waals surface area contributed by atoms with Gasteiger partial charge in [0, 0.05) is 13.2 Å². The molecule has 3 heteroatoms. The van der Waals surface area contributed by atoms with Crippen molar-refractivity contribution in [1.29, 1.82) is 0 Å². The summed E-state index contributed by atoms with van der Waals surface area (Å²) in [5.74, 6) is 0. The van der Waals surface area contributed by atoms with Gasteiger partial charge in [-0.3, -0.25) is 0 Å². The van der Waals surface area contributed by atoms with E-state index in [0.29, 0.717) is 6.61 Å². The largest absolute Gasteiger partial charge is 0.407 e. The molecule has 0 aliphatic heterocycles. The number of hydrogen-bond acceptors (Lipinski definition) is 2. The van der Waals surface area contributed by atoms with Crippen LogP contribution < -0.4 is 10.4 Å². The summed E-state index contributed by atoms with van der Waals surface area (Å²) in [4.78, 5) is 0. The van der Waals surface area contributed by atoms with Gasteiger partial charge in [0.25, 0.3) is 8.32 Å². The summed E-state index contributed by atoms with van der Waals surface area (Å²) in [6, 6.07) is 53.7. The second-order valence-corrected chi connectivity index (χ2v) is 16.5. The summed E-state index contributed by atoms with van der Waals surface area (Å²) in [5.41, 5.74) is 2.75. The maximum absolute atomic E-state index is 7.12. The second-order valence-electron chi connectivity index (χ2n) is 12.2. The van der Waals surface area contributed by atoms with Crippen LogP contribution >= 0.6 is 0 Å². The molecule has 2 nitrogen and oxygen atoms in total. The average Bonchev–Trinajstić information content (AvgIpc) is 3.06.